The molecule has 0 aliphatic carbocycles. The van der Waals surface area contributed by atoms with Gasteiger partial charge in [0.05, 0.1) is 16.7 Å². The third kappa shape index (κ3) is 5.88. The summed E-state index contributed by atoms with van der Waals surface area (Å²) >= 11 is 13.2. The molecule has 2 aromatic carbocycles. The lowest BCUT2D eigenvalue weighted by molar-refractivity contribution is 0.0521. The predicted molar refractivity (Wildman–Crippen MR) is 121 cm³/mol. The van der Waals surface area contributed by atoms with Crippen LogP contribution in [-0.4, -0.2) is 34.7 Å². The van der Waals surface area contributed by atoms with Crippen molar-refractivity contribution in [2.75, 3.05) is 18.2 Å². The molecule has 0 spiro atoms. The van der Waals surface area contributed by atoms with Crippen molar-refractivity contribution in [3.8, 4) is 11.6 Å². The highest BCUT2D eigenvalue weighted by atomic mass is 35.5. The Kier molecular flexibility index (Phi) is 7.73. The van der Waals surface area contributed by atoms with E-state index in [-0.39, 0.29) is 29.0 Å². The zero-order valence-electron chi connectivity index (χ0n) is 16.5. The van der Waals surface area contributed by atoms with Gasteiger partial charge in [-0.05, 0) is 43.5 Å². The van der Waals surface area contributed by atoms with Crippen molar-refractivity contribution in [2.45, 2.75) is 12.1 Å². The number of hydrogen-bond donors (Lipinski definition) is 1. The number of ether oxygens (including phenoxy) is 2. The number of nitrogens with zero attached hydrogens (tertiary/aromatic N) is 2. The molecule has 0 atom stereocenters. The van der Waals surface area contributed by atoms with Crippen LogP contribution in [0, 0.1) is 0 Å². The van der Waals surface area contributed by atoms with E-state index >= 15 is 0 Å². The van der Waals surface area contributed by atoms with Crippen molar-refractivity contribution in [3.63, 3.8) is 0 Å². The van der Waals surface area contributed by atoms with Crippen LogP contribution in [0.15, 0.2) is 53.8 Å². The molecule has 160 valence electrons. The second-order valence-corrected chi connectivity index (χ2v) is 7.60. The second-order valence-electron chi connectivity index (χ2n) is 6.01. The Morgan fingerprint density at radius 2 is 1.94 bits per heavy atom. The van der Waals surface area contributed by atoms with Crippen molar-refractivity contribution >= 4 is 52.5 Å². The summed E-state index contributed by atoms with van der Waals surface area (Å²) in [6.07, 6.45) is 3.17. The molecule has 1 N–H and O–H groups in total. The van der Waals surface area contributed by atoms with Gasteiger partial charge in [-0.2, -0.15) is 4.98 Å². The van der Waals surface area contributed by atoms with Crippen LogP contribution in [0.1, 0.15) is 27.6 Å². The van der Waals surface area contributed by atoms with Crippen LogP contribution in [0.25, 0.3) is 0 Å². The van der Waals surface area contributed by atoms with E-state index in [1.54, 1.807) is 43.3 Å². The van der Waals surface area contributed by atoms with Gasteiger partial charge < -0.3 is 14.8 Å². The van der Waals surface area contributed by atoms with E-state index in [2.05, 4.69) is 15.3 Å². The minimum absolute atomic E-state index is 0.0609. The normalized spacial score (nSPS) is 10.5. The number of anilines is 1. The largest absolute Gasteiger partial charge is 0.462 e. The first kappa shape index (κ1) is 22.9. The molecule has 1 aromatic heterocycles. The molecule has 0 aliphatic heterocycles. The Bertz CT molecular complexity index is 1130. The number of benzene rings is 2. The predicted octanol–water partition coefficient (Wildman–Crippen LogP) is 5.73. The Balaban J connectivity index is 1.83. The summed E-state index contributed by atoms with van der Waals surface area (Å²) in [4.78, 5) is 33.1. The molecule has 0 saturated carbocycles. The van der Waals surface area contributed by atoms with E-state index in [4.69, 9.17) is 32.7 Å². The van der Waals surface area contributed by atoms with Crippen LogP contribution >= 0.6 is 35.0 Å². The molecule has 3 rings (SSSR count). The maximum atomic E-state index is 12.5. The quantitative estimate of drug-likeness (QED) is 0.264. The molecule has 0 unspecified atom stereocenters. The van der Waals surface area contributed by atoms with E-state index in [0.29, 0.717) is 27.2 Å². The number of esters is 1. The number of carbonyl (C=O) groups excluding carboxylic acids is 2. The first-order chi connectivity index (χ1) is 14.9. The minimum Gasteiger partial charge on any atom is -0.462 e. The lowest BCUT2D eigenvalue weighted by Gasteiger charge is -2.11. The second kappa shape index (κ2) is 10.5. The molecule has 1 amide bonds. The molecule has 0 aliphatic rings. The SMILES string of the molecule is CCOC(=O)c1cnc(SC)nc1Oc1cccc(NC(=O)c2ccc(Cl)c(Cl)c2)c1. The van der Waals surface area contributed by atoms with Crippen molar-refractivity contribution in [2.24, 2.45) is 0 Å². The van der Waals surface area contributed by atoms with Crippen molar-refractivity contribution < 1.29 is 19.1 Å². The lowest BCUT2D eigenvalue weighted by Crippen LogP contribution is -2.12. The molecule has 3 aromatic rings. The zero-order valence-corrected chi connectivity index (χ0v) is 18.8. The van der Waals surface area contributed by atoms with Gasteiger partial charge in [-0.25, -0.2) is 9.78 Å². The molecular weight excluding hydrogens is 461 g/mol. The number of carbonyl (C=O) groups is 2. The fraction of sp³-hybridized carbons (Fsp3) is 0.143. The fourth-order valence-corrected chi connectivity index (χ4v) is 3.10. The maximum absolute atomic E-state index is 12.5. The van der Waals surface area contributed by atoms with Gasteiger partial charge in [0, 0.05) is 23.5 Å². The number of thioether (sulfide) groups is 1. The average molecular weight is 478 g/mol. The van der Waals surface area contributed by atoms with Gasteiger partial charge in [-0.15, -0.1) is 0 Å². The van der Waals surface area contributed by atoms with Crippen LogP contribution in [0.5, 0.6) is 11.6 Å². The third-order valence-electron chi connectivity index (χ3n) is 3.90. The smallest absolute Gasteiger partial charge is 0.345 e. The minimum atomic E-state index is -0.589. The standard InChI is InChI=1S/C21H17Cl2N3O4S/c1-3-29-20(28)15-11-24-21(31-2)26-19(15)30-14-6-4-5-13(10-14)25-18(27)12-7-8-16(22)17(23)9-12/h4-11H,3H2,1-2H3,(H,25,27). The van der Waals surface area contributed by atoms with Crippen molar-refractivity contribution in [1.82, 2.24) is 9.97 Å². The molecule has 10 heteroatoms. The highest BCUT2D eigenvalue weighted by molar-refractivity contribution is 7.98. The van der Waals surface area contributed by atoms with Crippen LogP contribution in [0.2, 0.25) is 10.0 Å². The molecule has 1 heterocycles. The first-order valence-corrected chi connectivity index (χ1v) is 11.0. The number of aromatic nitrogens is 2. The Hall–Kier alpha value is -2.81. The number of nitrogens with one attached hydrogen (secondary N) is 1. The molecule has 0 radical (unpaired) electrons. The molecular formula is C21H17Cl2N3O4S. The maximum Gasteiger partial charge on any atom is 0.345 e. The van der Waals surface area contributed by atoms with Crippen molar-refractivity contribution in [1.29, 1.82) is 0 Å². The molecule has 0 bridgehead atoms. The summed E-state index contributed by atoms with van der Waals surface area (Å²) < 4.78 is 10.9. The van der Waals surface area contributed by atoms with E-state index in [1.165, 1.54) is 24.0 Å². The van der Waals surface area contributed by atoms with Gasteiger partial charge in [0.15, 0.2) is 5.16 Å². The van der Waals surface area contributed by atoms with E-state index in [0.717, 1.165) is 0 Å². The van der Waals surface area contributed by atoms with Crippen LogP contribution < -0.4 is 10.1 Å². The van der Waals surface area contributed by atoms with E-state index in [9.17, 15) is 9.59 Å². The van der Waals surface area contributed by atoms with Gasteiger partial charge in [0.25, 0.3) is 5.91 Å². The highest BCUT2D eigenvalue weighted by Gasteiger charge is 2.18. The monoisotopic (exact) mass is 477 g/mol. The third-order valence-corrected chi connectivity index (χ3v) is 5.20. The van der Waals surface area contributed by atoms with E-state index in [1.807, 2.05) is 6.26 Å². The Morgan fingerprint density at radius 3 is 2.65 bits per heavy atom. The molecule has 31 heavy (non-hydrogen) atoms. The summed E-state index contributed by atoms with van der Waals surface area (Å²) in [6.45, 7) is 1.91. The van der Waals surface area contributed by atoms with Gasteiger partial charge in [-0.1, -0.05) is 41.0 Å². The van der Waals surface area contributed by atoms with Gasteiger partial charge in [-0.3, -0.25) is 4.79 Å². The average Bonchev–Trinajstić information content (AvgIpc) is 2.76. The first-order valence-electron chi connectivity index (χ1n) is 9.03. The van der Waals surface area contributed by atoms with Gasteiger partial charge in [0.1, 0.15) is 11.3 Å². The molecule has 0 fully saturated rings. The summed E-state index contributed by atoms with van der Waals surface area (Å²) in [5.74, 6) is -0.530. The van der Waals surface area contributed by atoms with Crippen LogP contribution in [-0.2, 0) is 4.74 Å². The van der Waals surface area contributed by atoms with Gasteiger partial charge >= 0.3 is 5.97 Å². The highest BCUT2D eigenvalue weighted by Crippen LogP contribution is 2.28. The van der Waals surface area contributed by atoms with E-state index < -0.39 is 5.97 Å². The van der Waals surface area contributed by atoms with Crippen LogP contribution in [0.4, 0.5) is 5.69 Å². The summed E-state index contributed by atoms with van der Waals surface area (Å²) in [7, 11) is 0. The lowest BCUT2D eigenvalue weighted by atomic mass is 10.2. The number of hydrogen-bond acceptors (Lipinski definition) is 7. The zero-order chi connectivity index (χ0) is 22.4. The topological polar surface area (TPSA) is 90.4 Å². The summed E-state index contributed by atoms with van der Waals surface area (Å²) in [5, 5.41) is 3.84. The number of rotatable bonds is 7. The van der Waals surface area contributed by atoms with Crippen LogP contribution in [0.3, 0.4) is 0 Å². The fourth-order valence-electron chi connectivity index (χ4n) is 2.47. The summed E-state index contributed by atoms with van der Waals surface area (Å²) in [5.41, 5.74) is 0.932. The molecule has 0 saturated heterocycles. The summed E-state index contributed by atoms with van der Waals surface area (Å²) in [6, 6.07) is 11.3. The number of halogens is 2. The number of amides is 1. The Labute approximate surface area is 193 Å². The Morgan fingerprint density at radius 1 is 1.13 bits per heavy atom. The van der Waals surface area contributed by atoms with Crippen molar-refractivity contribution in [3.05, 3.63) is 69.8 Å². The van der Waals surface area contributed by atoms with Gasteiger partial charge in [0.2, 0.25) is 5.88 Å². The molecule has 7 nitrogen and oxygen atoms in total.